The molecule has 0 aliphatic rings. The van der Waals surface area contributed by atoms with E-state index in [9.17, 15) is 4.79 Å². The Morgan fingerprint density at radius 3 is 2.85 bits per heavy atom. The first-order valence-corrected chi connectivity index (χ1v) is 6.71. The number of hydrogen-bond acceptors (Lipinski definition) is 5. The Hall–Kier alpha value is -2.24. The molecule has 0 bridgehead atoms. The molecule has 0 spiro atoms. The van der Waals surface area contributed by atoms with Crippen molar-refractivity contribution in [2.24, 2.45) is 0 Å². The molecule has 6 heteroatoms. The lowest BCUT2D eigenvalue weighted by Crippen LogP contribution is -2.10. The van der Waals surface area contributed by atoms with E-state index in [1.165, 1.54) is 0 Å². The van der Waals surface area contributed by atoms with Gasteiger partial charge in [0.1, 0.15) is 5.69 Å². The molecule has 2 rings (SSSR count). The Morgan fingerprint density at radius 2 is 2.25 bits per heavy atom. The number of carbonyl (C=O) groups is 1. The van der Waals surface area contributed by atoms with Crippen LogP contribution in [-0.4, -0.2) is 32.6 Å². The first kappa shape index (κ1) is 14.2. The number of ether oxygens (including phenoxy) is 1. The summed E-state index contributed by atoms with van der Waals surface area (Å²) in [5, 5.41) is 8.10. The van der Waals surface area contributed by atoms with Gasteiger partial charge in [-0.1, -0.05) is 12.1 Å². The zero-order chi connectivity index (χ0) is 14.5. The van der Waals surface area contributed by atoms with Crippen LogP contribution in [0, 0.1) is 0 Å². The van der Waals surface area contributed by atoms with Crippen molar-refractivity contribution < 1.29 is 9.53 Å². The van der Waals surface area contributed by atoms with E-state index >= 15 is 0 Å². The topological polar surface area (TPSA) is 69.9 Å². The predicted molar refractivity (Wildman–Crippen MR) is 74.2 cm³/mol. The van der Waals surface area contributed by atoms with Gasteiger partial charge in [0.05, 0.1) is 12.6 Å². The van der Waals surface area contributed by atoms with E-state index in [2.05, 4.69) is 22.2 Å². The van der Waals surface area contributed by atoms with Crippen LogP contribution in [-0.2, 0) is 4.74 Å². The third kappa shape index (κ3) is 2.68. The van der Waals surface area contributed by atoms with Crippen LogP contribution in [0.5, 0.6) is 0 Å². The maximum atomic E-state index is 12.0. The largest absolute Gasteiger partial charge is 0.461 e. The van der Waals surface area contributed by atoms with Gasteiger partial charge in [0.15, 0.2) is 5.69 Å². The number of esters is 1. The van der Waals surface area contributed by atoms with Gasteiger partial charge in [-0.15, -0.1) is 5.10 Å². The van der Waals surface area contributed by atoms with Crippen molar-refractivity contribution in [2.45, 2.75) is 33.2 Å². The second-order valence-electron chi connectivity index (χ2n) is 4.45. The van der Waals surface area contributed by atoms with Crippen LogP contribution < -0.4 is 0 Å². The van der Waals surface area contributed by atoms with Crippen molar-refractivity contribution in [2.75, 3.05) is 6.61 Å². The average molecular weight is 274 g/mol. The van der Waals surface area contributed by atoms with E-state index < -0.39 is 5.97 Å². The molecule has 0 saturated carbocycles. The molecule has 0 aromatic carbocycles. The third-order valence-electron chi connectivity index (χ3n) is 3.11. The highest BCUT2D eigenvalue weighted by molar-refractivity contribution is 5.94. The van der Waals surface area contributed by atoms with Crippen LogP contribution in [0.4, 0.5) is 0 Å². The first-order valence-electron chi connectivity index (χ1n) is 6.71. The molecule has 20 heavy (non-hydrogen) atoms. The third-order valence-corrected chi connectivity index (χ3v) is 3.11. The number of pyridine rings is 1. The highest BCUT2D eigenvalue weighted by Crippen LogP contribution is 2.25. The Morgan fingerprint density at radius 1 is 1.45 bits per heavy atom. The molecule has 106 valence electrons. The van der Waals surface area contributed by atoms with E-state index in [4.69, 9.17) is 4.74 Å². The number of rotatable bonds is 5. The molecule has 0 amide bonds. The minimum absolute atomic E-state index is 0.140. The second-order valence-corrected chi connectivity index (χ2v) is 4.45. The van der Waals surface area contributed by atoms with Crippen molar-refractivity contribution in [3.05, 3.63) is 30.2 Å². The van der Waals surface area contributed by atoms with Gasteiger partial charge in [0, 0.05) is 18.0 Å². The molecule has 0 aliphatic carbocycles. The molecule has 1 unspecified atom stereocenters. The average Bonchev–Trinajstić information content (AvgIpc) is 2.92. The highest BCUT2D eigenvalue weighted by Gasteiger charge is 2.24. The summed E-state index contributed by atoms with van der Waals surface area (Å²) < 4.78 is 6.79. The summed E-state index contributed by atoms with van der Waals surface area (Å²) in [6, 6.07) is 3.84. The molecule has 2 aromatic rings. The second kappa shape index (κ2) is 6.27. The predicted octanol–water partition coefficient (Wildman–Crippen LogP) is 2.49. The summed E-state index contributed by atoms with van der Waals surface area (Å²) >= 11 is 0. The number of hydrogen-bond donors (Lipinski definition) is 0. The maximum absolute atomic E-state index is 12.0. The highest BCUT2D eigenvalue weighted by atomic mass is 16.5. The molecule has 0 radical (unpaired) electrons. The van der Waals surface area contributed by atoms with Crippen LogP contribution in [0.1, 0.15) is 43.7 Å². The van der Waals surface area contributed by atoms with Gasteiger partial charge in [-0.3, -0.25) is 4.98 Å². The molecule has 0 N–H and O–H groups in total. The fraction of sp³-hybridized carbons (Fsp3) is 0.429. The van der Waals surface area contributed by atoms with Gasteiger partial charge in [0.2, 0.25) is 0 Å². The zero-order valence-corrected chi connectivity index (χ0v) is 11.9. The quantitative estimate of drug-likeness (QED) is 0.783. The molecule has 2 heterocycles. The molecule has 0 fully saturated rings. The molecular formula is C14H18N4O2. The molecule has 1 atom stereocenters. The fourth-order valence-electron chi connectivity index (χ4n) is 1.88. The van der Waals surface area contributed by atoms with Crippen molar-refractivity contribution in [3.63, 3.8) is 0 Å². The first-order chi connectivity index (χ1) is 9.69. The van der Waals surface area contributed by atoms with Gasteiger partial charge in [0.25, 0.3) is 0 Å². The molecular weight excluding hydrogens is 256 g/mol. The molecule has 6 nitrogen and oxygen atoms in total. The summed E-state index contributed by atoms with van der Waals surface area (Å²) in [5.41, 5.74) is 1.70. The zero-order valence-electron chi connectivity index (χ0n) is 11.9. The number of aromatic nitrogens is 4. The van der Waals surface area contributed by atoms with Gasteiger partial charge in [-0.2, -0.15) is 0 Å². The summed E-state index contributed by atoms with van der Waals surface area (Å²) in [5.74, 6) is -0.457. The van der Waals surface area contributed by atoms with Crippen LogP contribution >= 0.6 is 0 Å². The van der Waals surface area contributed by atoms with Gasteiger partial charge in [-0.05, 0) is 32.4 Å². The van der Waals surface area contributed by atoms with Crippen LogP contribution in [0.3, 0.4) is 0 Å². The molecule has 0 saturated heterocycles. The number of carbonyl (C=O) groups excluding carboxylic acids is 1. The standard InChI is InChI=1S/C14H18N4O2/c1-4-10(3)18-13(11-7-6-8-15-9-11)12(16-17-18)14(19)20-5-2/h6-10H,4-5H2,1-3H3. The fourth-order valence-corrected chi connectivity index (χ4v) is 1.88. The van der Waals surface area contributed by atoms with Crippen LogP contribution in [0.15, 0.2) is 24.5 Å². The Labute approximate surface area is 117 Å². The van der Waals surface area contributed by atoms with Gasteiger partial charge >= 0.3 is 5.97 Å². The Bertz CT molecular complexity index is 580. The van der Waals surface area contributed by atoms with E-state index in [-0.39, 0.29) is 11.7 Å². The normalized spacial score (nSPS) is 12.2. The lowest BCUT2D eigenvalue weighted by molar-refractivity contribution is 0.0520. The minimum Gasteiger partial charge on any atom is -0.461 e. The van der Waals surface area contributed by atoms with E-state index in [1.807, 2.05) is 19.1 Å². The minimum atomic E-state index is -0.457. The summed E-state index contributed by atoms with van der Waals surface area (Å²) in [6.45, 7) is 6.16. The summed E-state index contributed by atoms with van der Waals surface area (Å²) in [4.78, 5) is 16.1. The maximum Gasteiger partial charge on any atom is 0.361 e. The smallest absolute Gasteiger partial charge is 0.361 e. The van der Waals surface area contributed by atoms with E-state index in [1.54, 1.807) is 24.0 Å². The van der Waals surface area contributed by atoms with Crippen molar-refractivity contribution in [1.82, 2.24) is 20.0 Å². The van der Waals surface area contributed by atoms with E-state index in [0.717, 1.165) is 12.0 Å². The van der Waals surface area contributed by atoms with Crippen molar-refractivity contribution >= 4 is 5.97 Å². The summed E-state index contributed by atoms with van der Waals surface area (Å²) in [7, 11) is 0. The van der Waals surface area contributed by atoms with Crippen molar-refractivity contribution in [3.8, 4) is 11.3 Å². The van der Waals surface area contributed by atoms with Gasteiger partial charge < -0.3 is 4.74 Å². The lowest BCUT2D eigenvalue weighted by atomic mass is 10.1. The van der Waals surface area contributed by atoms with E-state index in [0.29, 0.717) is 12.3 Å². The Kier molecular flexibility index (Phi) is 4.45. The molecule has 0 aliphatic heterocycles. The van der Waals surface area contributed by atoms with Crippen molar-refractivity contribution in [1.29, 1.82) is 0 Å². The number of nitrogens with zero attached hydrogens (tertiary/aromatic N) is 4. The lowest BCUT2D eigenvalue weighted by Gasteiger charge is -2.13. The van der Waals surface area contributed by atoms with Gasteiger partial charge in [-0.25, -0.2) is 9.48 Å². The SMILES string of the molecule is CCOC(=O)c1nnn(C(C)CC)c1-c1cccnc1. The van der Waals surface area contributed by atoms with Crippen LogP contribution in [0.2, 0.25) is 0 Å². The monoisotopic (exact) mass is 274 g/mol. The molecule has 2 aromatic heterocycles. The summed E-state index contributed by atoms with van der Waals surface area (Å²) in [6.07, 6.45) is 4.27. The Balaban J connectivity index is 2.54. The van der Waals surface area contributed by atoms with Crippen LogP contribution in [0.25, 0.3) is 11.3 Å².